The number of carbonyl (C=O) groups excluding carboxylic acids is 1. The Kier molecular flexibility index (Phi) is 7.00. The standard InChI is InChI=1S/C22H22F2N2O4/c1-26(11-12-29-17-6-4-16(28-2)5-7-17)22(27)10-9-21-25-14-20(30-21)18-8-3-15(23)13-19(18)24/h3-8,13-14H,9-12H2,1-2H3. The smallest absolute Gasteiger partial charge is 0.222 e. The van der Waals surface area contributed by atoms with Gasteiger partial charge in [0.25, 0.3) is 0 Å². The lowest BCUT2D eigenvalue weighted by Crippen LogP contribution is -2.31. The molecule has 0 atom stereocenters. The molecule has 1 heterocycles. The number of ether oxygens (including phenoxy) is 2. The van der Waals surface area contributed by atoms with Gasteiger partial charge in [0.05, 0.1) is 25.4 Å². The van der Waals surface area contributed by atoms with Gasteiger partial charge in [-0.05, 0) is 36.4 Å². The molecule has 6 nitrogen and oxygen atoms in total. The van der Waals surface area contributed by atoms with Gasteiger partial charge in [0, 0.05) is 26.0 Å². The summed E-state index contributed by atoms with van der Waals surface area (Å²) in [6, 6.07) is 10.4. The molecule has 0 unspecified atom stereocenters. The molecule has 0 spiro atoms. The first-order chi connectivity index (χ1) is 14.5. The van der Waals surface area contributed by atoms with Crippen LogP contribution in [0.5, 0.6) is 11.5 Å². The van der Waals surface area contributed by atoms with Gasteiger partial charge in [0.1, 0.15) is 29.7 Å². The van der Waals surface area contributed by atoms with Crippen LogP contribution >= 0.6 is 0 Å². The maximum absolute atomic E-state index is 13.8. The Balaban J connectivity index is 1.45. The van der Waals surface area contributed by atoms with Crippen molar-refractivity contribution in [2.45, 2.75) is 12.8 Å². The van der Waals surface area contributed by atoms with E-state index in [1.54, 1.807) is 43.3 Å². The van der Waals surface area contributed by atoms with E-state index < -0.39 is 11.6 Å². The topological polar surface area (TPSA) is 64.8 Å². The summed E-state index contributed by atoms with van der Waals surface area (Å²) in [6.07, 6.45) is 1.82. The van der Waals surface area contributed by atoms with Crippen LogP contribution in [0.3, 0.4) is 0 Å². The lowest BCUT2D eigenvalue weighted by atomic mass is 10.2. The summed E-state index contributed by atoms with van der Waals surface area (Å²) in [7, 11) is 3.28. The van der Waals surface area contributed by atoms with E-state index >= 15 is 0 Å². The fourth-order valence-corrected chi connectivity index (χ4v) is 2.74. The number of hydrogen-bond acceptors (Lipinski definition) is 5. The highest BCUT2D eigenvalue weighted by Gasteiger charge is 2.14. The molecule has 0 aliphatic carbocycles. The highest BCUT2D eigenvalue weighted by Crippen LogP contribution is 2.24. The van der Waals surface area contributed by atoms with Gasteiger partial charge in [-0.25, -0.2) is 13.8 Å². The summed E-state index contributed by atoms with van der Waals surface area (Å²) in [5.74, 6) is 0.441. The van der Waals surface area contributed by atoms with E-state index in [-0.39, 0.29) is 30.1 Å². The Morgan fingerprint density at radius 1 is 1.13 bits per heavy atom. The van der Waals surface area contributed by atoms with Crippen molar-refractivity contribution in [2.75, 3.05) is 27.3 Å². The molecule has 0 N–H and O–H groups in total. The Bertz CT molecular complexity index is 989. The molecular weight excluding hydrogens is 394 g/mol. The van der Waals surface area contributed by atoms with Crippen LogP contribution < -0.4 is 9.47 Å². The minimum absolute atomic E-state index is 0.0963. The number of benzene rings is 2. The Labute approximate surface area is 173 Å². The van der Waals surface area contributed by atoms with E-state index in [0.717, 1.165) is 17.9 Å². The van der Waals surface area contributed by atoms with Crippen molar-refractivity contribution in [3.05, 3.63) is 66.2 Å². The quantitative estimate of drug-likeness (QED) is 0.526. The van der Waals surface area contributed by atoms with E-state index in [1.165, 1.54) is 12.3 Å². The van der Waals surface area contributed by atoms with E-state index in [1.807, 2.05) is 0 Å². The first-order valence-corrected chi connectivity index (χ1v) is 9.37. The summed E-state index contributed by atoms with van der Waals surface area (Å²) in [4.78, 5) is 17.9. The van der Waals surface area contributed by atoms with Gasteiger partial charge < -0.3 is 18.8 Å². The van der Waals surface area contributed by atoms with Crippen LogP contribution in [0.25, 0.3) is 11.3 Å². The minimum atomic E-state index is -0.731. The van der Waals surface area contributed by atoms with Crippen LogP contribution in [0.15, 0.2) is 53.1 Å². The highest BCUT2D eigenvalue weighted by atomic mass is 19.1. The number of aryl methyl sites for hydroxylation is 1. The van der Waals surface area contributed by atoms with Gasteiger partial charge >= 0.3 is 0 Å². The zero-order chi connectivity index (χ0) is 21.5. The lowest BCUT2D eigenvalue weighted by molar-refractivity contribution is -0.130. The molecule has 0 aliphatic heterocycles. The van der Waals surface area contributed by atoms with Crippen LogP contribution in [0.2, 0.25) is 0 Å². The number of halogens is 2. The molecule has 3 rings (SSSR count). The second kappa shape index (κ2) is 9.87. The largest absolute Gasteiger partial charge is 0.497 e. The Morgan fingerprint density at radius 3 is 2.57 bits per heavy atom. The number of nitrogens with zero attached hydrogens (tertiary/aromatic N) is 2. The van der Waals surface area contributed by atoms with Crippen molar-refractivity contribution in [1.29, 1.82) is 0 Å². The molecule has 158 valence electrons. The van der Waals surface area contributed by atoms with Crippen LogP contribution in [0.1, 0.15) is 12.3 Å². The second-order valence-corrected chi connectivity index (χ2v) is 6.58. The van der Waals surface area contributed by atoms with Crippen molar-refractivity contribution in [2.24, 2.45) is 0 Å². The molecular formula is C22H22F2N2O4. The van der Waals surface area contributed by atoms with E-state index in [9.17, 15) is 13.6 Å². The third kappa shape index (κ3) is 5.56. The normalized spacial score (nSPS) is 10.7. The average Bonchev–Trinajstić information content (AvgIpc) is 3.21. The molecule has 0 saturated heterocycles. The fraction of sp³-hybridized carbons (Fsp3) is 0.273. The molecule has 0 radical (unpaired) electrons. The third-order valence-corrected chi connectivity index (χ3v) is 4.48. The Hall–Kier alpha value is -3.42. The third-order valence-electron chi connectivity index (χ3n) is 4.48. The molecule has 2 aromatic carbocycles. The first kappa shape index (κ1) is 21.3. The summed E-state index contributed by atoms with van der Waals surface area (Å²) in [5.41, 5.74) is 0.120. The monoisotopic (exact) mass is 416 g/mol. The highest BCUT2D eigenvalue weighted by molar-refractivity contribution is 5.76. The van der Waals surface area contributed by atoms with Gasteiger partial charge in [-0.3, -0.25) is 4.79 Å². The number of aromatic nitrogens is 1. The summed E-state index contributed by atoms with van der Waals surface area (Å²) in [6.45, 7) is 0.768. The van der Waals surface area contributed by atoms with Crippen LogP contribution in [-0.4, -0.2) is 43.1 Å². The number of methoxy groups -OCH3 is 1. The number of oxazole rings is 1. The SMILES string of the molecule is COc1ccc(OCCN(C)C(=O)CCc2ncc(-c3ccc(F)cc3F)o2)cc1. The van der Waals surface area contributed by atoms with Gasteiger partial charge in [-0.2, -0.15) is 0 Å². The maximum atomic E-state index is 13.8. The molecule has 8 heteroatoms. The minimum Gasteiger partial charge on any atom is -0.497 e. The van der Waals surface area contributed by atoms with E-state index in [4.69, 9.17) is 13.9 Å². The number of carbonyl (C=O) groups is 1. The number of amides is 1. The summed E-state index contributed by atoms with van der Waals surface area (Å²) >= 11 is 0. The Morgan fingerprint density at radius 2 is 1.87 bits per heavy atom. The number of likely N-dealkylation sites (N-methyl/N-ethyl adjacent to an activating group) is 1. The summed E-state index contributed by atoms with van der Waals surface area (Å²) in [5, 5.41) is 0. The van der Waals surface area contributed by atoms with Crippen molar-refractivity contribution in [1.82, 2.24) is 9.88 Å². The van der Waals surface area contributed by atoms with Gasteiger partial charge in [0.2, 0.25) is 5.91 Å². The molecule has 30 heavy (non-hydrogen) atoms. The first-order valence-electron chi connectivity index (χ1n) is 9.37. The maximum Gasteiger partial charge on any atom is 0.222 e. The van der Waals surface area contributed by atoms with Gasteiger partial charge in [0.15, 0.2) is 11.7 Å². The molecule has 1 aromatic heterocycles. The fourth-order valence-electron chi connectivity index (χ4n) is 2.74. The molecule has 3 aromatic rings. The van der Waals surface area contributed by atoms with Crippen molar-refractivity contribution in [3.63, 3.8) is 0 Å². The van der Waals surface area contributed by atoms with Crippen molar-refractivity contribution in [3.8, 4) is 22.8 Å². The summed E-state index contributed by atoms with van der Waals surface area (Å²) < 4.78 is 43.1. The molecule has 0 aliphatic rings. The van der Waals surface area contributed by atoms with Gasteiger partial charge in [-0.1, -0.05) is 0 Å². The van der Waals surface area contributed by atoms with Gasteiger partial charge in [-0.15, -0.1) is 0 Å². The van der Waals surface area contributed by atoms with Crippen LogP contribution in [0.4, 0.5) is 8.78 Å². The van der Waals surface area contributed by atoms with Crippen LogP contribution in [-0.2, 0) is 11.2 Å². The number of hydrogen-bond donors (Lipinski definition) is 0. The molecule has 0 bridgehead atoms. The van der Waals surface area contributed by atoms with Crippen molar-refractivity contribution >= 4 is 5.91 Å². The predicted octanol–water partition coefficient (Wildman–Crippen LogP) is 4.10. The number of rotatable bonds is 9. The zero-order valence-electron chi connectivity index (χ0n) is 16.7. The second-order valence-electron chi connectivity index (χ2n) is 6.58. The zero-order valence-corrected chi connectivity index (χ0v) is 16.7. The van der Waals surface area contributed by atoms with E-state index in [2.05, 4.69) is 4.98 Å². The van der Waals surface area contributed by atoms with Crippen LogP contribution in [0, 0.1) is 11.6 Å². The molecule has 1 amide bonds. The lowest BCUT2D eigenvalue weighted by Gasteiger charge is -2.17. The van der Waals surface area contributed by atoms with Crippen molar-refractivity contribution < 1.29 is 27.5 Å². The predicted molar refractivity (Wildman–Crippen MR) is 106 cm³/mol. The van der Waals surface area contributed by atoms with E-state index in [0.29, 0.717) is 24.8 Å². The molecule has 0 fully saturated rings. The molecule has 0 saturated carbocycles. The average molecular weight is 416 g/mol.